The Labute approximate surface area is 230 Å². The zero-order valence-electron chi connectivity index (χ0n) is 19.2. The Bertz CT molecular complexity index is 1420. The van der Waals surface area contributed by atoms with Crippen molar-refractivity contribution in [3.8, 4) is 11.8 Å². The Morgan fingerprint density at radius 3 is 2.30 bits per heavy atom. The minimum Gasteiger partial charge on any atom is -0.483 e. The average molecular weight is 603 g/mol. The van der Waals surface area contributed by atoms with E-state index in [1.165, 1.54) is 43.5 Å². The fraction of sp³-hybridized carbons (Fsp3) is 0.0769. The predicted octanol–water partition coefficient (Wildman–Crippen LogP) is 6.11. The van der Waals surface area contributed by atoms with Gasteiger partial charge in [-0.15, -0.1) is 0 Å². The number of carbonyl (C=O) groups is 3. The largest absolute Gasteiger partial charge is 0.483 e. The molecule has 0 heterocycles. The first kappa shape index (κ1) is 27.7. The number of methoxy groups -OCH3 is 1. The van der Waals surface area contributed by atoms with E-state index >= 15 is 0 Å². The second-order valence-corrected chi connectivity index (χ2v) is 9.02. The van der Waals surface area contributed by atoms with Crippen LogP contribution in [0.1, 0.15) is 15.9 Å². The van der Waals surface area contributed by atoms with Crippen LogP contribution < -0.4 is 15.4 Å². The molecular formula is C26H18BrCl2N3O5. The summed E-state index contributed by atoms with van der Waals surface area (Å²) in [6.45, 7) is -0.269. The van der Waals surface area contributed by atoms with Gasteiger partial charge in [0.2, 0.25) is 0 Å². The standard InChI is InChI=1S/C26H18BrCl2N3O5/c1-36-26(35)16-3-5-18(6-4-16)32-25(34)17(13-30)10-15-2-9-23(20(27)11-15)37-14-24(33)31-19-7-8-21(28)22(29)12-19/h2-12H,14H2,1H3,(H,31,33)(H,32,34)/b17-10-. The van der Waals surface area contributed by atoms with Crippen molar-refractivity contribution in [2.24, 2.45) is 0 Å². The molecule has 188 valence electrons. The molecule has 0 bridgehead atoms. The molecule has 3 rings (SSSR count). The van der Waals surface area contributed by atoms with E-state index in [4.69, 9.17) is 27.9 Å². The van der Waals surface area contributed by atoms with Crippen LogP contribution in [0.15, 0.2) is 70.7 Å². The van der Waals surface area contributed by atoms with Gasteiger partial charge in [0.05, 0.1) is 27.2 Å². The molecular weight excluding hydrogens is 585 g/mol. The van der Waals surface area contributed by atoms with E-state index in [1.807, 2.05) is 6.07 Å². The molecule has 2 amide bonds. The zero-order valence-corrected chi connectivity index (χ0v) is 22.3. The van der Waals surface area contributed by atoms with E-state index < -0.39 is 17.8 Å². The molecule has 37 heavy (non-hydrogen) atoms. The van der Waals surface area contributed by atoms with Crippen LogP contribution in [0.4, 0.5) is 11.4 Å². The maximum atomic E-state index is 12.6. The molecule has 0 spiro atoms. The van der Waals surface area contributed by atoms with Crippen LogP contribution in [0.25, 0.3) is 6.08 Å². The van der Waals surface area contributed by atoms with Gasteiger partial charge < -0.3 is 20.1 Å². The van der Waals surface area contributed by atoms with Gasteiger partial charge in [-0.25, -0.2) is 4.79 Å². The summed E-state index contributed by atoms with van der Waals surface area (Å²) < 4.78 is 10.7. The number of carbonyl (C=O) groups excluding carboxylic acids is 3. The number of rotatable bonds is 8. The quantitative estimate of drug-likeness (QED) is 0.183. The van der Waals surface area contributed by atoms with E-state index in [0.29, 0.717) is 42.8 Å². The third kappa shape index (κ3) is 7.82. The number of esters is 1. The summed E-state index contributed by atoms with van der Waals surface area (Å²) in [7, 11) is 1.27. The summed E-state index contributed by atoms with van der Waals surface area (Å²) in [5.41, 5.74) is 1.62. The van der Waals surface area contributed by atoms with Crippen LogP contribution in [0.5, 0.6) is 5.75 Å². The number of ether oxygens (including phenoxy) is 2. The molecule has 0 radical (unpaired) electrons. The van der Waals surface area contributed by atoms with Gasteiger partial charge >= 0.3 is 5.97 Å². The lowest BCUT2D eigenvalue weighted by atomic mass is 10.1. The minimum atomic E-state index is -0.622. The van der Waals surface area contributed by atoms with Crippen molar-refractivity contribution in [1.82, 2.24) is 0 Å². The number of hydrogen-bond donors (Lipinski definition) is 2. The Morgan fingerprint density at radius 2 is 1.68 bits per heavy atom. The van der Waals surface area contributed by atoms with Crippen LogP contribution in [0.3, 0.4) is 0 Å². The third-order valence-corrected chi connectivity index (χ3v) is 6.12. The van der Waals surface area contributed by atoms with Gasteiger partial charge in [0.25, 0.3) is 11.8 Å². The lowest BCUT2D eigenvalue weighted by Crippen LogP contribution is -2.20. The fourth-order valence-corrected chi connectivity index (χ4v) is 3.77. The van der Waals surface area contributed by atoms with E-state index in [2.05, 4.69) is 31.3 Å². The molecule has 3 aromatic carbocycles. The smallest absolute Gasteiger partial charge is 0.337 e. The summed E-state index contributed by atoms with van der Waals surface area (Å²) in [5.74, 6) is -1.14. The first-order valence-corrected chi connectivity index (χ1v) is 12.0. The first-order valence-electron chi connectivity index (χ1n) is 10.5. The third-order valence-electron chi connectivity index (χ3n) is 4.76. The van der Waals surface area contributed by atoms with Crippen LogP contribution in [-0.4, -0.2) is 31.5 Å². The van der Waals surface area contributed by atoms with Crippen LogP contribution in [-0.2, 0) is 14.3 Å². The highest BCUT2D eigenvalue weighted by Crippen LogP contribution is 2.28. The molecule has 0 aliphatic heterocycles. The predicted molar refractivity (Wildman–Crippen MR) is 145 cm³/mol. The molecule has 0 saturated carbocycles. The molecule has 0 fully saturated rings. The molecule has 11 heteroatoms. The fourth-order valence-electron chi connectivity index (χ4n) is 2.96. The lowest BCUT2D eigenvalue weighted by molar-refractivity contribution is -0.118. The topological polar surface area (TPSA) is 118 Å². The Morgan fingerprint density at radius 1 is 0.973 bits per heavy atom. The summed E-state index contributed by atoms with van der Waals surface area (Å²) >= 11 is 15.2. The van der Waals surface area contributed by atoms with Gasteiger partial charge in [0.15, 0.2) is 6.61 Å². The molecule has 3 aromatic rings. The number of hydrogen-bond acceptors (Lipinski definition) is 6. The van der Waals surface area contributed by atoms with E-state index in [1.54, 1.807) is 30.3 Å². The second kappa shape index (κ2) is 12.9. The molecule has 8 nitrogen and oxygen atoms in total. The van der Waals surface area contributed by atoms with Crippen LogP contribution in [0, 0.1) is 11.3 Å². The Hall–Kier alpha value is -3.84. The lowest BCUT2D eigenvalue weighted by Gasteiger charge is -2.10. The maximum absolute atomic E-state index is 12.6. The Kier molecular flexibility index (Phi) is 9.69. The summed E-state index contributed by atoms with van der Waals surface area (Å²) in [6, 6.07) is 17.5. The number of amides is 2. The summed E-state index contributed by atoms with van der Waals surface area (Å²) in [5, 5.41) is 15.4. The van der Waals surface area contributed by atoms with Crippen molar-refractivity contribution >= 4 is 74.4 Å². The number of benzene rings is 3. The maximum Gasteiger partial charge on any atom is 0.337 e. The van der Waals surface area contributed by atoms with Crippen molar-refractivity contribution in [3.63, 3.8) is 0 Å². The number of nitriles is 1. The van der Waals surface area contributed by atoms with Gasteiger partial charge in [-0.2, -0.15) is 5.26 Å². The van der Waals surface area contributed by atoms with Gasteiger partial charge in [0, 0.05) is 11.4 Å². The van der Waals surface area contributed by atoms with Gasteiger partial charge in [-0.1, -0.05) is 29.3 Å². The SMILES string of the molecule is COC(=O)c1ccc(NC(=O)/C(C#N)=C\c2ccc(OCC(=O)Nc3ccc(Cl)c(Cl)c3)c(Br)c2)cc1. The molecule has 2 N–H and O–H groups in total. The highest BCUT2D eigenvalue weighted by atomic mass is 79.9. The highest BCUT2D eigenvalue weighted by molar-refractivity contribution is 9.10. The molecule has 0 unspecified atom stereocenters. The Balaban J connectivity index is 1.62. The van der Waals surface area contributed by atoms with Crippen molar-refractivity contribution in [1.29, 1.82) is 5.26 Å². The number of anilines is 2. The van der Waals surface area contributed by atoms with E-state index in [-0.39, 0.29) is 12.2 Å². The van der Waals surface area contributed by atoms with Crippen molar-refractivity contribution in [3.05, 3.63) is 91.9 Å². The van der Waals surface area contributed by atoms with Crippen molar-refractivity contribution < 1.29 is 23.9 Å². The van der Waals surface area contributed by atoms with Crippen LogP contribution >= 0.6 is 39.1 Å². The molecule has 0 atom stereocenters. The molecule has 0 aliphatic rings. The number of nitrogens with one attached hydrogen (secondary N) is 2. The first-order chi connectivity index (χ1) is 17.7. The molecule has 0 saturated heterocycles. The summed E-state index contributed by atoms with van der Waals surface area (Å²) in [6.07, 6.45) is 1.41. The highest BCUT2D eigenvalue weighted by Gasteiger charge is 2.12. The normalized spacial score (nSPS) is 10.7. The number of halogens is 3. The van der Waals surface area contributed by atoms with Crippen molar-refractivity contribution in [2.75, 3.05) is 24.4 Å². The van der Waals surface area contributed by atoms with E-state index in [9.17, 15) is 19.6 Å². The zero-order chi connectivity index (χ0) is 26.9. The van der Waals surface area contributed by atoms with Crippen LogP contribution in [0.2, 0.25) is 10.0 Å². The van der Waals surface area contributed by atoms with E-state index in [0.717, 1.165) is 0 Å². The van der Waals surface area contributed by atoms with Gasteiger partial charge in [-0.3, -0.25) is 9.59 Å². The average Bonchev–Trinajstić information content (AvgIpc) is 2.88. The monoisotopic (exact) mass is 601 g/mol. The molecule has 0 aliphatic carbocycles. The van der Waals surface area contributed by atoms with Crippen molar-refractivity contribution in [2.45, 2.75) is 0 Å². The minimum absolute atomic E-state index is 0.140. The molecule has 0 aromatic heterocycles. The second-order valence-electron chi connectivity index (χ2n) is 7.35. The summed E-state index contributed by atoms with van der Waals surface area (Å²) in [4.78, 5) is 36.3. The van der Waals surface area contributed by atoms with Gasteiger partial charge in [0.1, 0.15) is 17.4 Å². The number of nitrogens with zero attached hydrogens (tertiary/aromatic N) is 1. The van der Waals surface area contributed by atoms with Gasteiger partial charge in [-0.05, 0) is 82.2 Å².